The van der Waals surface area contributed by atoms with Crippen molar-refractivity contribution in [3.63, 3.8) is 0 Å². The highest BCUT2D eigenvalue weighted by Gasteiger charge is 2.53. The van der Waals surface area contributed by atoms with Crippen molar-refractivity contribution in [1.29, 1.82) is 0 Å². The summed E-state index contributed by atoms with van der Waals surface area (Å²) in [5, 5.41) is 0. The zero-order valence-electron chi connectivity index (χ0n) is 27.7. The standard InChI is InChI=1S/C50H30O/c1-6-20-38-33(14-1)34-15-2-7-21-39(34)49(38)42-24-10-5-18-37(42)48-32(19-13-26-44(48)49)31-28-29-47-45(30-31)50(43-25-11-12-27-46(43)51-47)40-22-8-3-16-35(40)36-17-4-9-23-41(36)50/h1-30H. The summed E-state index contributed by atoms with van der Waals surface area (Å²) in [6.07, 6.45) is 0. The smallest absolute Gasteiger partial charge is 0.132 e. The van der Waals surface area contributed by atoms with Crippen LogP contribution in [0.15, 0.2) is 182 Å². The van der Waals surface area contributed by atoms with Gasteiger partial charge < -0.3 is 4.74 Å². The van der Waals surface area contributed by atoms with Crippen LogP contribution in [0.4, 0.5) is 0 Å². The van der Waals surface area contributed by atoms with E-state index in [2.05, 4.69) is 182 Å². The van der Waals surface area contributed by atoms with Crippen LogP contribution in [0.1, 0.15) is 44.5 Å². The molecule has 0 saturated heterocycles. The minimum absolute atomic E-state index is 0.379. The van der Waals surface area contributed by atoms with Crippen molar-refractivity contribution in [3.8, 4) is 56.0 Å². The van der Waals surface area contributed by atoms with Crippen molar-refractivity contribution < 1.29 is 4.74 Å². The van der Waals surface area contributed by atoms with Crippen molar-refractivity contribution in [3.05, 3.63) is 226 Å². The number of para-hydroxylation sites is 1. The third kappa shape index (κ3) is 3.15. The van der Waals surface area contributed by atoms with Crippen LogP contribution >= 0.6 is 0 Å². The quantitative estimate of drug-likeness (QED) is 0.172. The van der Waals surface area contributed by atoms with E-state index in [-0.39, 0.29) is 5.41 Å². The number of fused-ring (bicyclic) bond motifs is 19. The highest BCUT2D eigenvalue weighted by molar-refractivity contribution is 6.00. The molecule has 51 heavy (non-hydrogen) atoms. The molecule has 0 atom stereocenters. The van der Waals surface area contributed by atoms with Crippen LogP contribution in [-0.2, 0) is 10.8 Å². The Kier molecular flexibility index (Phi) is 5.17. The summed E-state index contributed by atoms with van der Waals surface area (Å²) in [4.78, 5) is 0. The molecule has 0 unspecified atom stereocenters. The fourth-order valence-electron chi connectivity index (χ4n) is 10.4. The van der Waals surface area contributed by atoms with Gasteiger partial charge in [0.05, 0.1) is 10.8 Å². The van der Waals surface area contributed by atoms with E-state index < -0.39 is 5.41 Å². The van der Waals surface area contributed by atoms with Crippen LogP contribution in [0.2, 0.25) is 0 Å². The first-order valence-electron chi connectivity index (χ1n) is 17.9. The average Bonchev–Trinajstić information content (AvgIpc) is 3.79. The Morgan fingerprint density at radius 1 is 0.275 bits per heavy atom. The predicted molar refractivity (Wildman–Crippen MR) is 206 cm³/mol. The molecule has 4 aliphatic rings. The summed E-state index contributed by atoms with van der Waals surface area (Å²) >= 11 is 0. The molecule has 236 valence electrons. The molecule has 1 heterocycles. The van der Waals surface area contributed by atoms with Gasteiger partial charge in [0.15, 0.2) is 0 Å². The van der Waals surface area contributed by atoms with E-state index in [1.807, 2.05) is 0 Å². The number of rotatable bonds is 1. The van der Waals surface area contributed by atoms with Gasteiger partial charge in [-0.15, -0.1) is 0 Å². The minimum atomic E-state index is -0.506. The lowest BCUT2D eigenvalue weighted by Crippen LogP contribution is -2.32. The molecule has 12 rings (SSSR count). The lowest BCUT2D eigenvalue weighted by Gasteiger charge is -2.39. The van der Waals surface area contributed by atoms with Gasteiger partial charge in [0.2, 0.25) is 0 Å². The number of hydrogen-bond donors (Lipinski definition) is 0. The molecule has 0 saturated carbocycles. The van der Waals surface area contributed by atoms with E-state index in [0.29, 0.717) is 0 Å². The fraction of sp³-hybridized carbons (Fsp3) is 0.0400. The molecule has 0 radical (unpaired) electrons. The maximum absolute atomic E-state index is 6.79. The van der Waals surface area contributed by atoms with Gasteiger partial charge in [-0.2, -0.15) is 0 Å². The molecule has 0 fully saturated rings. The zero-order chi connectivity index (χ0) is 33.3. The largest absolute Gasteiger partial charge is 0.457 e. The predicted octanol–water partition coefficient (Wildman–Crippen LogP) is 12.2. The lowest BCUT2D eigenvalue weighted by molar-refractivity contribution is 0.436. The highest BCUT2D eigenvalue weighted by Crippen LogP contribution is 2.65. The molecule has 1 heteroatoms. The molecular weight excluding hydrogens is 617 g/mol. The Morgan fingerprint density at radius 3 is 1.24 bits per heavy atom. The number of benzene rings is 8. The Hall–Kier alpha value is -6.44. The summed E-state index contributed by atoms with van der Waals surface area (Å²) in [5.74, 6) is 1.83. The molecule has 3 aliphatic carbocycles. The highest BCUT2D eigenvalue weighted by atomic mass is 16.5. The van der Waals surface area contributed by atoms with E-state index in [1.165, 1.54) is 89.0 Å². The fourth-order valence-corrected chi connectivity index (χ4v) is 10.4. The van der Waals surface area contributed by atoms with Gasteiger partial charge in [0, 0.05) is 11.1 Å². The van der Waals surface area contributed by atoms with Crippen molar-refractivity contribution in [1.82, 2.24) is 0 Å². The summed E-state index contributed by atoms with van der Waals surface area (Å²) in [7, 11) is 0. The Balaban J connectivity index is 1.16. The van der Waals surface area contributed by atoms with E-state index in [4.69, 9.17) is 4.74 Å². The van der Waals surface area contributed by atoms with E-state index in [0.717, 1.165) is 11.5 Å². The summed E-state index contributed by atoms with van der Waals surface area (Å²) in [6, 6.07) is 67.6. The summed E-state index contributed by atoms with van der Waals surface area (Å²) in [6.45, 7) is 0. The summed E-state index contributed by atoms with van der Waals surface area (Å²) < 4.78 is 6.79. The second kappa shape index (κ2) is 9.62. The molecule has 0 amide bonds. The molecule has 1 aliphatic heterocycles. The molecule has 0 N–H and O–H groups in total. The van der Waals surface area contributed by atoms with E-state index in [1.54, 1.807) is 0 Å². The monoisotopic (exact) mass is 646 g/mol. The first-order chi connectivity index (χ1) is 25.3. The average molecular weight is 647 g/mol. The van der Waals surface area contributed by atoms with Crippen LogP contribution in [-0.4, -0.2) is 0 Å². The van der Waals surface area contributed by atoms with Crippen LogP contribution in [0, 0.1) is 0 Å². The molecule has 0 aromatic heterocycles. The van der Waals surface area contributed by atoms with Crippen molar-refractivity contribution in [2.45, 2.75) is 10.8 Å². The number of hydrogen-bond acceptors (Lipinski definition) is 1. The molecule has 8 aromatic carbocycles. The SMILES string of the molecule is c1ccc2c(c1)Oc1ccc(-c3cccc4c3-c3ccccc3C43c4ccccc4-c4ccccc43)cc1C21c2ccccc2-c2ccccc21. The van der Waals surface area contributed by atoms with Crippen LogP contribution in [0.25, 0.3) is 44.5 Å². The molecule has 1 nitrogen and oxygen atoms in total. The minimum Gasteiger partial charge on any atom is -0.457 e. The second-order valence-electron chi connectivity index (χ2n) is 14.3. The molecule has 2 spiro atoms. The Bertz CT molecular complexity index is 2710. The van der Waals surface area contributed by atoms with E-state index in [9.17, 15) is 0 Å². The Labute approximate surface area is 297 Å². The van der Waals surface area contributed by atoms with Gasteiger partial charge in [-0.25, -0.2) is 0 Å². The first-order valence-corrected chi connectivity index (χ1v) is 17.9. The zero-order valence-corrected chi connectivity index (χ0v) is 27.7. The topological polar surface area (TPSA) is 9.23 Å². The third-order valence-electron chi connectivity index (χ3n) is 12.2. The van der Waals surface area contributed by atoms with Crippen LogP contribution < -0.4 is 4.74 Å². The molecule has 8 aromatic rings. The van der Waals surface area contributed by atoms with Crippen LogP contribution in [0.3, 0.4) is 0 Å². The van der Waals surface area contributed by atoms with Gasteiger partial charge in [0.1, 0.15) is 11.5 Å². The van der Waals surface area contributed by atoms with Gasteiger partial charge in [-0.05, 0) is 96.1 Å². The van der Waals surface area contributed by atoms with Crippen molar-refractivity contribution in [2.75, 3.05) is 0 Å². The normalized spacial score (nSPS) is 15.1. The third-order valence-corrected chi connectivity index (χ3v) is 12.2. The van der Waals surface area contributed by atoms with Gasteiger partial charge >= 0.3 is 0 Å². The van der Waals surface area contributed by atoms with Crippen molar-refractivity contribution in [2.24, 2.45) is 0 Å². The maximum Gasteiger partial charge on any atom is 0.132 e. The maximum atomic E-state index is 6.79. The first kappa shape index (κ1) is 27.4. The van der Waals surface area contributed by atoms with Crippen molar-refractivity contribution >= 4 is 0 Å². The summed E-state index contributed by atoms with van der Waals surface area (Å²) in [5.41, 5.74) is 19.8. The Morgan fingerprint density at radius 2 is 0.667 bits per heavy atom. The van der Waals surface area contributed by atoms with E-state index >= 15 is 0 Å². The van der Waals surface area contributed by atoms with Gasteiger partial charge in [-0.3, -0.25) is 0 Å². The van der Waals surface area contributed by atoms with Gasteiger partial charge in [0.25, 0.3) is 0 Å². The second-order valence-corrected chi connectivity index (χ2v) is 14.3. The molecular formula is C50H30O. The van der Waals surface area contributed by atoms with Gasteiger partial charge in [-0.1, -0.05) is 164 Å². The number of ether oxygens (including phenoxy) is 1. The molecule has 0 bridgehead atoms. The lowest BCUT2D eigenvalue weighted by atomic mass is 9.65. The van der Waals surface area contributed by atoms with Crippen LogP contribution in [0.5, 0.6) is 11.5 Å².